The highest BCUT2D eigenvalue weighted by atomic mass is 16.2. The monoisotopic (exact) mass is 576 g/mol. The molecule has 2 fully saturated rings. The summed E-state index contributed by atoms with van der Waals surface area (Å²) in [6.07, 6.45) is 10.4. The topological polar surface area (TPSA) is 73.5 Å². The van der Waals surface area contributed by atoms with E-state index >= 15 is 0 Å². The number of anilines is 2. The number of likely N-dealkylation sites (tertiary alicyclic amines) is 1. The van der Waals surface area contributed by atoms with Crippen LogP contribution in [-0.4, -0.2) is 29.8 Å². The van der Waals surface area contributed by atoms with Crippen LogP contribution < -0.4 is 16.0 Å². The van der Waals surface area contributed by atoms with Crippen molar-refractivity contribution in [2.45, 2.75) is 77.3 Å². The van der Waals surface area contributed by atoms with Gasteiger partial charge in [-0.3, -0.25) is 14.5 Å². The highest BCUT2D eigenvalue weighted by molar-refractivity contribution is 6.32. The molecule has 3 N–H and O–H groups in total. The minimum Gasteiger partial charge on any atom is -0.358 e. The number of fused-ring (bicyclic) bond motifs is 1. The molecule has 2 amide bonds. The van der Waals surface area contributed by atoms with Crippen molar-refractivity contribution in [1.29, 1.82) is 0 Å². The van der Waals surface area contributed by atoms with Crippen molar-refractivity contribution in [3.05, 3.63) is 101 Å². The van der Waals surface area contributed by atoms with Gasteiger partial charge in [0.1, 0.15) is 0 Å². The fourth-order valence-electron chi connectivity index (χ4n) is 6.91. The number of carbonyl (C=O) groups excluding carboxylic acids is 2. The van der Waals surface area contributed by atoms with E-state index in [0.29, 0.717) is 11.1 Å². The zero-order valence-electron chi connectivity index (χ0n) is 25.3. The van der Waals surface area contributed by atoms with Crippen molar-refractivity contribution in [3.8, 4) is 0 Å². The zero-order chi connectivity index (χ0) is 29.6. The lowest BCUT2D eigenvalue weighted by Gasteiger charge is -2.28. The molecule has 3 aromatic carbocycles. The van der Waals surface area contributed by atoms with Crippen LogP contribution in [0.15, 0.2) is 78.5 Å². The second-order valence-electron chi connectivity index (χ2n) is 12.3. The maximum absolute atomic E-state index is 13.6. The molecule has 3 aromatic rings. The summed E-state index contributed by atoms with van der Waals surface area (Å²) in [7, 11) is 0. The Bertz CT molecular complexity index is 1450. The van der Waals surface area contributed by atoms with Crippen molar-refractivity contribution in [2.75, 3.05) is 23.7 Å². The number of allylic oxidation sites excluding steroid dienone is 1. The van der Waals surface area contributed by atoms with E-state index in [9.17, 15) is 9.59 Å². The smallest absolute Gasteiger partial charge is 0.258 e. The Balaban J connectivity index is 1.28. The molecule has 0 unspecified atom stereocenters. The van der Waals surface area contributed by atoms with E-state index in [4.69, 9.17) is 0 Å². The van der Waals surface area contributed by atoms with Crippen molar-refractivity contribution >= 4 is 28.8 Å². The first-order valence-electron chi connectivity index (χ1n) is 16.2. The van der Waals surface area contributed by atoms with E-state index in [0.717, 1.165) is 66.8 Å². The van der Waals surface area contributed by atoms with E-state index in [2.05, 4.69) is 52.0 Å². The van der Waals surface area contributed by atoms with Crippen LogP contribution >= 0.6 is 0 Å². The Kier molecular flexibility index (Phi) is 9.23. The molecule has 0 bridgehead atoms. The van der Waals surface area contributed by atoms with Crippen LogP contribution in [0.3, 0.4) is 0 Å². The van der Waals surface area contributed by atoms with Gasteiger partial charge in [-0.1, -0.05) is 75.1 Å². The number of rotatable bonds is 9. The molecule has 1 saturated heterocycles. The van der Waals surface area contributed by atoms with Gasteiger partial charge in [0, 0.05) is 34.7 Å². The summed E-state index contributed by atoms with van der Waals surface area (Å²) in [5, 5.41) is 9.99. The molecule has 0 spiro atoms. The minimum atomic E-state index is -0.131. The van der Waals surface area contributed by atoms with Crippen LogP contribution in [0.2, 0.25) is 0 Å². The predicted molar refractivity (Wildman–Crippen MR) is 175 cm³/mol. The summed E-state index contributed by atoms with van der Waals surface area (Å²) in [5.41, 5.74) is 7.19. The van der Waals surface area contributed by atoms with E-state index in [1.54, 1.807) is 0 Å². The number of amides is 2. The second-order valence-corrected chi connectivity index (χ2v) is 12.3. The third-order valence-corrected chi connectivity index (χ3v) is 9.31. The van der Waals surface area contributed by atoms with Crippen LogP contribution in [0.5, 0.6) is 0 Å². The van der Waals surface area contributed by atoms with E-state index in [-0.39, 0.29) is 23.8 Å². The van der Waals surface area contributed by atoms with Gasteiger partial charge in [-0.2, -0.15) is 0 Å². The molecule has 43 heavy (non-hydrogen) atoms. The van der Waals surface area contributed by atoms with Crippen molar-refractivity contribution in [1.82, 2.24) is 10.2 Å². The Labute approximate surface area is 256 Å². The fraction of sp³-hybridized carbons (Fsp3) is 0.405. The van der Waals surface area contributed by atoms with Crippen LogP contribution in [0.25, 0.3) is 5.57 Å². The first-order valence-corrected chi connectivity index (χ1v) is 16.2. The van der Waals surface area contributed by atoms with Crippen LogP contribution in [0.1, 0.15) is 97.8 Å². The highest BCUT2D eigenvalue weighted by Crippen LogP contribution is 2.40. The van der Waals surface area contributed by atoms with Gasteiger partial charge in [0.05, 0.1) is 11.6 Å². The number of hydrogen-bond donors (Lipinski definition) is 3. The summed E-state index contributed by atoms with van der Waals surface area (Å²) in [6.45, 7) is 5.42. The Morgan fingerprint density at radius 2 is 1.63 bits per heavy atom. The Hall–Kier alpha value is -3.90. The molecule has 1 saturated carbocycles. The highest BCUT2D eigenvalue weighted by Gasteiger charge is 2.32. The molecule has 6 heteroatoms. The molecular weight excluding hydrogens is 532 g/mol. The minimum absolute atomic E-state index is 0.0749. The van der Waals surface area contributed by atoms with Gasteiger partial charge in [-0.15, -0.1) is 0 Å². The average Bonchev–Trinajstić information content (AvgIpc) is 3.39. The molecule has 2 heterocycles. The Morgan fingerprint density at radius 3 is 2.35 bits per heavy atom. The standard InChI is InChI=1S/C37H44N4O2/c1-2-32(27-12-6-3-7-13-27)39-36(42)29-18-21-33-31(24-29)34(37(43)40-33)35(28-14-8-4-9-15-28)38-30-19-16-26(17-20-30)25-41-22-10-5-11-23-41/h3,6-7,12-13,16-21,24,28,32,38H,2,4-5,8-11,14-15,22-23,25H2,1H3,(H,39,42)(H,40,43)/t32-/m1/s1. The molecule has 0 aromatic heterocycles. The van der Waals surface area contributed by atoms with Gasteiger partial charge in [0.15, 0.2) is 0 Å². The fourth-order valence-corrected chi connectivity index (χ4v) is 6.91. The Morgan fingerprint density at radius 1 is 0.907 bits per heavy atom. The zero-order valence-corrected chi connectivity index (χ0v) is 25.3. The van der Waals surface area contributed by atoms with E-state index < -0.39 is 0 Å². The summed E-state index contributed by atoms with van der Waals surface area (Å²) < 4.78 is 0. The lowest BCUT2D eigenvalue weighted by atomic mass is 9.83. The first kappa shape index (κ1) is 29.2. The number of nitrogens with one attached hydrogen (secondary N) is 3. The second kappa shape index (κ2) is 13.6. The van der Waals surface area contributed by atoms with Crippen LogP contribution in [0.4, 0.5) is 11.4 Å². The quantitative estimate of drug-likeness (QED) is 0.226. The summed E-state index contributed by atoms with van der Waals surface area (Å²) >= 11 is 0. The number of nitrogens with zero attached hydrogens (tertiary/aromatic N) is 1. The normalized spacial score (nSPS) is 19.3. The van der Waals surface area contributed by atoms with Gasteiger partial charge in [0.25, 0.3) is 11.8 Å². The van der Waals surface area contributed by atoms with Crippen LogP contribution in [-0.2, 0) is 11.3 Å². The van der Waals surface area contributed by atoms with Gasteiger partial charge in [-0.05, 0) is 92.6 Å². The van der Waals surface area contributed by atoms with Gasteiger partial charge >= 0.3 is 0 Å². The lowest BCUT2D eigenvalue weighted by molar-refractivity contribution is -0.110. The SMILES string of the molecule is CC[C@@H](NC(=O)c1ccc2c(c1)C(=C(Nc1ccc(CN3CCCCC3)cc1)C1CCCCC1)C(=O)N2)c1ccccc1. The third-order valence-electron chi connectivity index (χ3n) is 9.31. The molecule has 0 radical (unpaired) electrons. The molecule has 224 valence electrons. The number of carbonyl (C=O) groups is 2. The summed E-state index contributed by atoms with van der Waals surface area (Å²) in [4.78, 5) is 29.6. The van der Waals surface area contributed by atoms with Crippen LogP contribution in [0, 0.1) is 5.92 Å². The first-order chi connectivity index (χ1) is 21.1. The van der Waals surface area contributed by atoms with Crippen molar-refractivity contribution < 1.29 is 9.59 Å². The average molecular weight is 577 g/mol. The molecule has 6 rings (SSSR count). The maximum atomic E-state index is 13.6. The summed E-state index contributed by atoms with van der Waals surface area (Å²) in [6, 6.07) is 24.3. The maximum Gasteiger partial charge on any atom is 0.258 e. The summed E-state index contributed by atoms with van der Waals surface area (Å²) in [5.74, 6) is 0.0419. The van der Waals surface area contributed by atoms with Gasteiger partial charge in [0.2, 0.25) is 0 Å². The molecule has 2 aliphatic heterocycles. The third kappa shape index (κ3) is 6.86. The number of benzene rings is 3. The largest absolute Gasteiger partial charge is 0.358 e. The molecule has 1 atom stereocenters. The van der Waals surface area contributed by atoms with E-state index in [1.807, 2.05) is 48.5 Å². The van der Waals surface area contributed by atoms with Crippen molar-refractivity contribution in [2.24, 2.45) is 5.92 Å². The molecular formula is C37H44N4O2. The van der Waals surface area contributed by atoms with Gasteiger partial charge < -0.3 is 16.0 Å². The van der Waals surface area contributed by atoms with Crippen molar-refractivity contribution in [3.63, 3.8) is 0 Å². The van der Waals surface area contributed by atoms with E-state index in [1.165, 1.54) is 44.3 Å². The molecule has 1 aliphatic carbocycles. The number of hydrogen-bond acceptors (Lipinski definition) is 4. The number of piperidine rings is 1. The molecule has 3 aliphatic rings. The predicted octanol–water partition coefficient (Wildman–Crippen LogP) is 7.91. The molecule has 6 nitrogen and oxygen atoms in total. The lowest BCUT2D eigenvalue weighted by Crippen LogP contribution is -2.29. The van der Waals surface area contributed by atoms with Gasteiger partial charge in [-0.25, -0.2) is 0 Å².